The third kappa shape index (κ3) is 4.00. The number of benzene rings is 2. The molecule has 1 atom stereocenters. The molecule has 4 aromatic heterocycles. The van der Waals surface area contributed by atoms with Crippen LogP contribution in [0, 0.1) is 13.8 Å². The molecule has 1 aliphatic heterocycles. The maximum Gasteiger partial charge on any atom is 0.244 e. The van der Waals surface area contributed by atoms with Crippen LogP contribution in [0.5, 0.6) is 17.5 Å². The van der Waals surface area contributed by atoms with Gasteiger partial charge in [0.2, 0.25) is 11.8 Å². The Hall–Kier alpha value is -4.70. The lowest BCUT2D eigenvalue weighted by molar-refractivity contribution is 0.306. The number of hydrogen-bond donors (Lipinski definition) is 1. The van der Waals surface area contributed by atoms with Crippen molar-refractivity contribution in [1.29, 1.82) is 0 Å². The zero-order chi connectivity index (χ0) is 26.7. The Balaban J connectivity index is 1.24. The number of H-pyrrole nitrogens is 1. The van der Waals surface area contributed by atoms with Gasteiger partial charge in [-0.15, -0.1) is 10.2 Å². The first-order valence-electron chi connectivity index (χ1n) is 12.4. The second-order valence-corrected chi connectivity index (χ2v) is 10.0. The number of halogens is 1. The summed E-state index contributed by atoms with van der Waals surface area (Å²) in [5.74, 6) is 2.00. The van der Waals surface area contributed by atoms with Gasteiger partial charge in [-0.2, -0.15) is 5.10 Å². The van der Waals surface area contributed by atoms with Gasteiger partial charge >= 0.3 is 0 Å². The van der Waals surface area contributed by atoms with Gasteiger partial charge in [0.15, 0.2) is 11.5 Å². The molecule has 39 heavy (non-hydrogen) atoms. The second kappa shape index (κ2) is 8.95. The number of aryl methyl sites for hydroxylation is 3. The number of fused-ring (bicyclic) bond motifs is 4. The maximum absolute atomic E-state index is 6.27. The lowest BCUT2D eigenvalue weighted by atomic mass is 9.86. The molecule has 0 spiro atoms. The van der Waals surface area contributed by atoms with Crippen molar-refractivity contribution >= 4 is 17.2 Å². The standard InChI is InChI=1S/C28H23ClN8O2/c1-15-4-9-20(29)21(10-15)38-13-17-5-7-18(8-6-17)25-32-26-24-23(19-11-31-36(3)12-19)22-16(2)33-34-28(22)39-27(24)30-14-37(26)35-25/h4-12,14,23H,13H2,1-3H3,(H,33,34)/t23-/m1/s1. The van der Waals surface area contributed by atoms with Crippen LogP contribution in [-0.2, 0) is 13.7 Å². The molecule has 10 nitrogen and oxygen atoms in total. The summed E-state index contributed by atoms with van der Waals surface area (Å²) in [5, 5.41) is 17.1. The van der Waals surface area contributed by atoms with Gasteiger partial charge in [0.1, 0.15) is 18.7 Å². The fourth-order valence-electron chi connectivity index (χ4n) is 4.94. The van der Waals surface area contributed by atoms with Gasteiger partial charge < -0.3 is 9.47 Å². The summed E-state index contributed by atoms with van der Waals surface area (Å²) in [4.78, 5) is 9.49. The van der Waals surface area contributed by atoms with Gasteiger partial charge in [-0.25, -0.2) is 14.5 Å². The largest absolute Gasteiger partial charge is 0.487 e. The van der Waals surface area contributed by atoms with Crippen molar-refractivity contribution in [3.63, 3.8) is 0 Å². The van der Waals surface area contributed by atoms with E-state index in [2.05, 4.69) is 20.3 Å². The summed E-state index contributed by atoms with van der Waals surface area (Å²) in [7, 11) is 1.89. The minimum Gasteiger partial charge on any atom is -0.487 e. The summed E-state index contributed by atoms with van der Waals surface area (Å²) in [5.41, 5.74) is 7.30. The van der Waals surface area contributed by atoms with Crippen molar-refractivity contribution in [2.75, 3.05) is 0 Å². The Kier molecular flexibility index (Phi) is 5.38. The Morgan fingerprint density at radius 1 is 1.08 bits per heavy atom. The zero-order valence-electron chi connectivity index (χ0n) is 21.4. The van der Waals surface area contributed by atoms with E-state index in [0.29, 0.717) is 40.6 Å². The Morgan fingerprint density at radius 2 is 1.92 bits per heavy atom. The highest BCUT2D eigenvalue weighted by Crippen LogP contribution is 2.48. The van der Waals surface area contributed by atoms with Crippen molar-refractivity contribution in [3.05, 3.63) is 99.7 Å². The van der Waals surface area contributed by atoms with E-state index in [1.165, 1.54) is 0 Å². The van der Waals surface area contributed by atoms with Gasteiger partial charge in [0.05, 0.1) is 22.7 Å². The predicted molar refractivity (Wildman–Crippen MR) is 144 cm³/mol. The quantitative estimate of drug-likeness (QED) is 0.313. The highest BCUT2D eigenvalue weighted by molar-refractivity contribution is 6.32. The molecular weight excluding hydrogens is 516 g/mol. The number of aromatic nitrogens is 8. The van der Waals surface area contributed by atoms with E-state index in [9.17, 15) is 0 Å². The molecule has 0 amide bonds. The summed E-state index contributed by atoms with van der Waals surface area (Å²) in [6.07, 6.45) is 5.45. The number of rotatable bonds is 5. The fourth-order valence-corrected chi connectivity index (χ4v) is 5.11. The van der Waals surface area contributed by atoms with Crippen molar-refractivity contribution in [2.24, 2.45) is 7.05 Å². The van der Waals surface area contributed by atoms with Crippen LogP contribution in [0.25, 0.3) is 17.0 Å². The first-order chi connectivity index (χ1) is 18.9. The van der Waals surface area contributed by atoms with Crippen molar-refractivity contribution in [2.45, 2.75) is 26.4 Å². The number of nitrogens with zero attached hydrogens (tertiary/aromatic N) is 7. The fraction of sp³-hybridized carbons (Fsp3) is 0.179. The van der Waals surface area contributed by atoms with Crippen molar-refractivity contribution in [3.8, 4) is 28.9 Å². The van der Waals surface area contributed by atoms with E-state index in [0.717, 1.165) is 39.1 Å². The SMILES string of the molecule is Cc1ccc(Cl)c(OCc2ccc(-c3nc4c5c(ncn4n3)Oc3n[nH]c(C)c3[C@H]5c3cnn(C)c3)cc2)c1. The third-order valence-electron chi connectivity index (χ3n) is 6.87. The van der Waals surface area contributed by atoms with Crippen LogP contribution >= 0.6 is 11.6 Å². The molecule has 0 bridgehead atoms. The van der Waals surface area contributed by atoms with E-state index in [4.69, 9.17) is 31.2 Å². The summed E-state index contributed by atoms with van der Waals surface area (Å²) in [6.45, 7) is 4.38. The molecule has 6 aromatic rings. The van der Waals surface area contributed by atoms with Gasteiger partial charge in [0, 0.05) is 35.6 Å². The van der Waals surface area contributed by atoms with E-state index >= 15 is 0 Å². The lowest BCUT2D eigenvalue weighted by Gasteiger charge is -2.24. The van der Waals surface area contributed by atoms with Gasteiger partial charge in [0.25, 0.3) is 0 Å². The van der Waals surface area contributed by atoms with Crippen LogP contribution in [-0.4, -0.2) is 39.6 Å². The van der Waals surface area contributed by atoms with Gasteiger partial charge in [-0.3, -0.25) is 9.78 Å². The summed E-state index contributed by atoms with van der Waals surface area (Å²) >= 11 is 6.27. The normalized spacial score (nSPS) is 14.2. The molecule has 2 aromatic carbocycles. The molecule has 0 unspecified atom stereocenters. The molecule has 0 aliphatic carbocycles. The number of ether oxygens (including phenoxy) is 2. The van der Waals surface area contributed by atoms with Gasteiger partial charge in [-0.1, -0.05) is 41.9 Å². The Morgan fingerprint density at radius 3 is 2.72 bits per heavy atom. The van der Waals surface area contributed by atoms with Crippen LogP contribution in [0.15, 0.2) is 61.2 Å². The van der Waals surface area contributed by atoms with Crippen LogP contribution in [0.4, 0.5) is 0 Å². The lowest BCUT2D eigenvalue weighted by Crippen LogP contribution is -2.14. The third-order valence-corrected chi connectivity index (χ3v) is 7.18. The predicted octanol–water partition coefficient (Wildman–Crippen LogP) is 5.38. The average Bonchev–Trinajstić information content (AvgIpc) is 3.67. The molecule has 7 rings (SSSR count). The van der Waals surface area contributed by atoms with E-state index in [-0.39, 0.29) is 5.92 Å². The van der Waals surface area contributed by atoms with Crippen molar-refractivity contribution in [1.82, 2.24) is 39.6 Å². The number of nitrogens with one attached hydrogen (secondary N) is 1. The highest BCUT2D eigenvalue weighted by Gasteiger charge is 2.37. The zero-order valence-corrected chi connectivity index (χ0v) is 22.1. The Bertz CT molecular complexity index is 1850. The van der Waals surface area contributed by atoms with E-state index in [1.807, 2.05) is 75.8 Å². The van der Waals surface area contributed by atoms with E-state index in [1.54, 1.807) is 15.5 Å². The topological polar surface area (TPSA) is 108 Å². The smallest absolute Gasteiger partial charge is 0.244 e. The number of hydrogen-bond acceptors (Lipinski definition) is 7. The molecular formula is C28H23ClN8O2. The van der Waals surface area contributed by atoms with Crippen LogP contribution < -0.4 is 9.47 Å². The first kappa shape index (κ1) is 23.4. The van der Waals surface area contributed by atoms with Crippen LogP contribution in [0.2, 0.25) is 5.02 Å². The summed E-state index contributed by atoms with van der Waals surface area (Å²) in [6, 6.07) is 13.7. The molecule has 0 saturated heterocycles. The molecule has 0 radical (unpaired) electrons. The second-order valence-electron chi connectivity index (χ2n) is 9.64. The number of aromatic amines is 1. The highest BCUT2D eigenvalue weighted by atomic mass is 35.5. The first-order valence-corrected chi connectivity index (χ1v) is 12.8. The molecule has 194 valence electrons. The average molecular weight is 539 g/mol. The minimum absolute atomic E-state index is 0.211. The molecule has 11 heteroatoms. The molecule has 0 saturated carbocycles. The van der Waals surface area contributed by atoms with Gasteiger partial charge in [-0.05, 0) is 37.1 Å². The van der Waals surface area contributed by atoms with Crippen molar-refractivity contribution < 1.29 is 9.47 Å². The molecule has 1 aliphatic rings. The molecule has 5 heterocycles. The monoisotopic (exact) mass is 538 g/mol. The van der Waals surface area contributed by atoms with Crippen LogP contribution in [0.1, 0.15) is 39.4 Å². The summed E-state index contributed by atoms with van der Waals surface area (Å²) < 4.78 is 15.5. The Labute approximate surface area is 228 Å². The molecule has 0 fully saturated rings. The maximum atomic E-state index is 6.27. The van der Waals surface area contributed by atoms with Crippen LogP contribution in [0.3, 0.4) is 0 Å². The minimum atomic E-state index is -0.211. The molecule has 1 N–H and O–H groups in total. The van der Waals surface area contributed by atoms with E-state index < -0.39 is 0 Å².